The molecule has 60 heavy (non-hydrogen) atoms. The third-order valence-electron chi connectivity index (χ3n) is 12.6. The molecule has 3 aliphatic heterocycles. The van der Waals surface area contributed by atoms with Crippen molar-refractivity contribution < 1.29 is 63.2 Å². The van der Waals surface area contributed by atoms with E-state index in [4.69, 9.17) is 38.9 Å². The Morgan fingerprint density at radius 1 is 1.03 bits per heavy atom. The predicted molar refractivity (Wildman–Crippen MR) is 227 cm³/mol. The molecule has 0 spiro atoms. The van der Waals surface area contributed by atoms with Gasteiger partial charge in [0.1, 0.15) is 12.2 Å². The maximum atomic E-state index is 13.9. The molecule has 0 aromatic heterocycles. The van der Waals surface area contributed by atoms with Crippen molar-refractivity contribution in [2.45, 2.75) is 168 Å². The normalized spacial score (nSPS) is 40.9. The molecular formula is C46H75NO13. The molecule has 0 aromatic rings. The Balaban J connectivity index is 1.96. The fourth-order valence-electron chi connectivity index (χ4n) is 8.94. The summed E-state index contributed by atoms with van der Waals surface area (Å²) in [7, 11) is 2.89. The van der Waals surface area contributed by atoms with Gasteiger partial charge in [-0.1, -0.05) is 89.1 Å². The van der Waals surface area contributed by atoms with E-state index >= 15 is 0 Å². The van der Waals surface area contributed by atoms with E-state index in [-0.39, 0.29) is 42.0 Å². The number of hydrogen-bond donors (Lipinski definition) is 5. The molecule has 2 fully saturated rings. The zero-order valence-electron chi connectivity index (χ0n) is 37.8. The van der Waals surface area contributed by atoms with E-state index < -0.39 is 91.2 Å². The number of allylic oxidation sites excluding steroid dienone is 6. The molecule has 0 bridgehead atoms. The van der Waals surface area contributed by atoms with Crippen molar-refractivity contribution in [2.75, 3.05) is 14.2 Å². The summed E-state index contributed by atoms with van der Waals surface area (Å²) in [6.45, 7) is 18.9. The Hall–Kier alpha value is -3.08. The highest BCUT2D eigenvalue weighted by molar-refractivity contribution is 5.87. The molecule has 6 N–H and O–H groups in total. The lowest BCUT2D eigenvalue weighted by Crippen LogP contribution is -2.54. The van der Waals surface area contributed by atoms with Crippen LogP contribution in [0.3, 0.4) is 0 Å². The summed E-state index contributed by atoms with van der Waals surface area (Å²) in [6, 6.07) is 0. The first-order chi connectivity index (χ1) is 28.3. The lowest BCUT2D eigenvalue weighted by Gasteiger charge is -2.46. The molecule has 0 radical (unpaired) electrons. The summed E-state index contributed by atoms with van der Waals surface area (Å²) in [4.78, 5) is 25.3. The number of carbonyl (C=O) groups excluding carboxylic acids is 2. The van der Waals surface area contributed by atoms with Gasteiger partial charge in [-0.25, -0.2) is 9.59 Å². The first-order valence-corrected chi connectivity index (χ1v) is 21.6. The molecule has 3 aliphatic rings. The minimum Gasteiger partial charge on any atom is -0.490 e. The van der Waals surface area contributed by atoms with Crippen molar-refractivity contribution in [3.63, 3.8) is 0 Å². The summed E-state index contributed by atoms with van der Waals surface area (Å²) in [6.07, 6.45) is 4.25. The van der Waals surface area contributed by atoms with Crippen LogP contribution in [0.4, 0.5) is 4.79 Å². The smallest absolute Gasteiger partial charge is 0.404 e. The number of hydrogen-bond acceptors (Lipinski definition) is 13. The van der Waals surface area contributed by atoms with Crippen molar-refractivity contribution in [2.24, 2.45) is 41.2 Å². The molecule has 0 aliphatic carbocycles. The van der Waals surface area contributed by atoms with Gasteiger partial charge in [-0.3, -0.25) is 0 Å². The number of aliphatic hydroxyl groups excluding tert-OH is 4. The van der Waals surface area contributed by atoms with E-state index in [1.165, 1.54) is 14.2 Å². The van der Waals surface area contributed by atoms with Crippen LogP contribution in [0.2, 0.25) is 0 Å². The van der Waals surface area contributed by atoms with Gasteiger partial charge in [0.2, 0.25) is 5.76 Å². The van der Waals surface area contributed by atoms with Crippen LogP contribution in [0, 0.1) is 35.5 Å². The number of aliphatic hydroxyl groups is 4. The summed E-state index contributed by atoms with van der Waals surface area (Å²) in [5.41, 5.74) is 6.87. The predicted octanol–water partition coefficient (Wildman–Crippen LogP) is 5.66. The van der Waals surface area contributed by atoms with E-state index in [9.17, 15) is 30.0 Å². The van der Waals surface area contributed by atoms with Crippen LogP contribution in [0.15, 0.2) is 59.4 Å². The van der Waals surface area contributed by atoms with Gasteiger partial charge in [0, 0.05) is 49.5 Å². The van der Waals surface area contributed by atoms with Gasteiger partial charge in [-0.2, -0.15) is 0 Å². The van der Waals surface area contributed by atoms with Gasteiger partial charge in [0.05, 0.1) is 55.9 Å². The van der Waals surface area contributed by atoms with Gasteiger partial charge in [0.15, 0.2) is 12.4 Å². The molecule has 0 aromatic carbocycles. The summed E-state index contributed by atoms with van der Waals surface area (Å²) in [5.74, 6) is -2.97. The number of cyclic esters (lactones) is 1. The monoisotopic (exact) mass is 850 g/mol. The highest BCUT2D eigenvalue weighted by Crippen LogP contribution is 2.38. The lowest BCUT2D eigenvalue weighted by molar-refractivity contribution is -0.279. The first-order valence-electron chi connectivity index (χ1n) is 21.6. The number of primary amides is 1. The maximum absolute atomic E-state index is 13.9. The van der Waals surface area contributed by atoms with Gasteiger partial charge in [-0.05, 0) is 52.5 Å². The van der Waals surface area contributed by atoms with Crippen LogP contribution >= 0.6 is 0 Å². The van der Waals surface area contributed by atoms with Gasteiger partial charge < -0.3 is 59.3 Å². The van der Waals surface area contributed by atoms with Crippen molar-refractivity contribution in [1.29, 1.82) is 0 Å². The topological polar surface area (TPSA) is 206 Å². The molecule has 2 unspecified atom stereocenters. The SMILES string of the molecule is C/C=C/[C@H]1O[C@@H]([C@@H](C)[C@H](O)[C@H](C)C2OC(=O)/C(OC)=C/C(C)=C/[C@@H](C)[C@@H](O)C(CC)[C@@H](O)[C@H](C)C/C(C)=C/C=C[C@@H]2OC)C[C@@H](O[C@H]2C[C@@H](O)[C@H](OC(N)=O)[C@@H](C)O2)[C@@H]1C. The molecule has 3 rings (SSSR count). The van der Waals surface area contributed by atoms with Crippen LogP contribution in [-0.2, 0) is 38.0 Å². The van der Waals surface area contributed by atoms with E-state index in [0.29, 0.717) is 24.8 Å². The third kappa shape index (κ3) is 13.7. The van der Waals surface area contributed by atoms with Crippen LogP contribution < -0.4 is 5.73 Å². The Bertz CT molecular complexity index is 1510. The molecule has 3 heterocycles. The molecular weight excluding hydrogens is 775 g/mol. The number of nitrogens with two attached hydrogens (primary N) is 1. The number of ether oxygens (including phenoxy) is 7. The second-order valence-corrected chi connectivity index (χ2v) is 17.3. The van der Waals surface area contributed by atoms with Crippen LogP contribution in [0.25, 0.3) is 0 Å². The van der Waals surface area contributed by atoms with E-state index in [1.54, 1.807) is 32.9 Å². The van der Waals surface area contributed by atoms with Crippen LogP contribution in [0.1, 0.15) is 94.9 Å². The molecule has 2 saturated heterocycles. The second kappa shape index (κ2) is 23.9. The Labute approximate surface area is 357 Å². The van der Waals surface area contributed by atoms with Crippen molar-refractivity contribution >= 4 is 12.1 Å². The average Bonchev–Trinajstić information content (AvgIpc) is 3.19. The van der Waals surface area contributed by atoms with E-state index in [0.717, 1.165) is 5.57 Å². The van der Waals surface area contributed by atoms with Crippen LogP contribution in [0.5, 0.6) is 0 Å². The second-order valence-electron chi connectivity index (χ2n) is 17.3. The number of rotatable bonds is 11. The van der Waals surface area contributed by atoms with Crippen LogP contribution in [-0.4, -0.2) is 120 Å². The van der Waals surface area contributed by atoms with Crippen molar-refractivity contribution in [1.82, 2.24) is 0 Å². The standard InChI is InChI=1S/C46H75NO13/c1-13-16-34-28(7)36(58-39-22-33(48)44(31(10)56-39)60-46(47)53)23-37(57-34)29(8)42(51)30(9)43-35(54-11)18-15-17-24(3)19-26(5)40(49)32(14-2)41(50)27(6)20-25(4)21-38(55-12)45(52)59-43/h13,15-18,20-21,26-37,39-44,48-51H,14,19,22-23H2,1-12H3,(H2,47,53)/b16-13+,18-15?,24-17+,25-20+,38-21-/t26-,27-,28-,29-,30+,31-,32?,33-,34-,35+,36-,37-,39+,40+,41-,42+,43?,44-/m1/s1. The molecule has 1 amide bonds. The fourth-order valence-corrected chi connectivity index (χ4v) is 8.94. The van der Waals surface area contributed by atoms with E-state index in [1.807, 2.05) is 78.8 Å². The summed E-state index contributed by atoms with van der Waals surface area (Å²) in [5, 5.41) is 45.7. The Kier molecular flexibility index (Phi) is 20.5. The minimum absolute atomic E-state index is 0.0583. The highest BCUT2D eigenvalue weighted by atomic mass is 16.7. The largest absolute Gasteiger partial charge is 0.490 e. The maximum Gasteiger partial charge on any atom is 0.404 e. The van der Waals surface area contributed by atoms with Crippen molar-refractivity contribution in [3.8, 4) is 0 Å². The number of esters is 1. The summed E-state index contributed by atoms with van der Waals surface area (Å²) < 4.78 is 41.9. The van der Waals surface area contributed by atoms with Gasteiger partial charge in [0.25, 0.3) is 0 Å². The fraction of sp³-hybridized carbons (Fsp3) is 0.739. The third-order valence-corrected chi connectivity index (χ3v) is 12.6. The molecule has 0 saturated carbocycles. The van der Waals surface area contributed by atoms with Gasteiger partial charge >= 0.3 is 12.1 Å². The molecule has 14 nitrogen and oxygen atoms in total. The Morgan fingerprint density at radius 3 is 2.30 bits per heavy atom. The zero-order chi connectivity index (χ0) is 45.0. The first kappa shape index (κ1) is 51.3. The molecule has 14 heteroatoms. The number of amides is 1. The zero-order valence-corrected chi connectivity index (χ0v) is 37.8. The summed E-state index contributed by atoms with van der Waals surface area (Å²) >= 11 is 0. The quantitative estimate of drug-likeness (QED) is 0.126. The average molecular weight is 850 g/mol. The minimum atomic E-state index is -1.07. The number of methoxy groups -OCH3 is 2. The van der Waals surface area contributed by atoms with Crippen molar-refractivity contribution in [3.05, 3.63) is 59.4 Å². The number of carbonyl (C=O) groups is 2. The molecule has 18 atom stereocenters. The van der Waals surface area contributed by atoms with E-state index in [2.05, 4.69) is 0 Å². The Morgan fingerprint density at radius 2 is 1.72 bits per heavy atom. The highest BCUT2D eigenvalue weighted by Gasteiger charge is 2.46. The molecule has 342 valence electrons. The van der Waals surface area contributed by atoms with Gasteiger partial charge in [-0.15, -0.1) is 0 Å². The lowest BCUT2D eigenvalue weighted by atomic mass is 9.79.